The molecular formula is C28H29N5OS. The summed E-state index contributed by atoms with van der Waals surface area (Å²) in [6.45, 7) is 5.40. The standard InChI is InChI=1S/C28H29N5OS/c1-21(24-7-3-13-29-19-24)32-15-17-33(18-16-32)28(34)23-9-11-25(12-10-23)31-20-35-26-8-2-5-22-6-4-14-30-27(22)26/h2-14,19,21,31H,15-18,20H2,1H3. The molecule has 2 aromatic heterocycles. The maximum atomic E-state index is 13.0. The van der Waals surface area contributed by atoms with E-state index in [2.05, 4.69) is 57.4 Å². The average Bonchev–Trinajstić information content (AvgIpc) is 2.93. The average molecular weight is 484 g/mol. The summed E-state index contributed by atoms with van der Waals surface area (Å²) in [5.41, 5.74) is 3.97. The maximum Gasteiger partial charge on any atom is 0.253 e. The van der Waals surface area contributed by atoms with Crippen molar-refractivity contribution in [3.05, 3.63) is 96.4 Å². The zero-order chi connectivity index (χ0) is 24.0. The van der Waals surface area contributed by atoms with Gasteiger partial charge in [0, 0.05) is 72.3 Å². The molecule has 0 saturated carbocycles. The van der Waals surface area contributed by atoms with Gasteiger partial charge in [-0.3, -0.25) is 19.7 Å². The highest BCUT2D eigenvalue weighted by atomic mass is 32.2. The smallest absolute Gasteiger partial charge is 0.253 e. The number of fused-ring (bicyclic) bond motifs is 1. The van der Waals surface area contributed by atoms with Crippen molar-refractivity contribution >= 4 is 34.3 Å². The highest BCUT2D eigenvalue weighted by molar-refractivity contribution is 7.99. The van der Waals surface area contributed by atoms with E-state index in [1.807, 2.05) is 53.7 Å². The van der Waals surface area contributed by atoms with E-state index in [1.165, 1.54) is 5.56 Å². The molecule has 1 aliphatic heterocycles. The van der Waals surface area contributed by atoms with E-state index in [4.69, 9.17) is 0 Å². The van der Waals surface area contributed by atoms with Gasteiger partial charge in [0.15, 0.2) is 0 Å². The zero-order valence-corrected chi connectivity index (χ0v) is 20.6. The Morgan fingerprint density at radius 3 is 2.51 bits per heavy atom. The van der Waals surface area contributed by atoms with Crippen LogP contribution in [0.15, 0.2) is 90.2 Å². The van der Waals surface area contributed by atoms with Crippen molar-refractivity contribution < 1.29 is 4.79 Å². The number of pyridine rings is 2. The second-order valence-corrected chi connectivity index (χ2v) is 9.68. The normalized spacial score (nSPS) is 15.2. The number of aromatic nitrogens is 2. The van der Waals surface area contributed by atoms with E-state index < -0.39 is 0 Å². The van der Waals surface area contributed by atoms with Gasteiger partial charge in [-0.25, -0.2) is 0 Å². The van der Waals surface area contributed by atoms with Crippen LogP contribution in [0.2, 0.25) is 0 Å². The van der Waals surface area contributed by atoms with Crippen molar-refractivity contribution in [2.75, 3.05) is 37.4 Å². The molecule has 0 spiro atoms. The number of carbonyl (C=O) groups excluding carboxylic acids is 1. The first-order chi connectivity index (χ1) is 17.2. The van der Waals surface area contributed by atoms with Crippen LogP contribution in [0.5, 0.6) is 0 Å². The molecule has 1 aliphatic rings. The number of thioether (sulfide) groups is 1. The quantitative estimate of drug-likeness (QED) is 0.284. The molecule has 1 N–H and O–H groups in total. The van der Waals surface area contributed by atoms with Crippen LogP contribution in [0.4, 0.5) is 5.69 Å². The van der Waals surface area contributed by atoms with Gasteiger partial charge in [-0.2, -0.15) is 0 Å². The number of piperazine rings is 1. The first kappa shape index (κ1) is 23.3. The first-order valence-corrected chi connectivity index (χ1v) is 12.9. The van der Waals surface area contributed by atoms with Crippen molar-refractivity contribution in [2.45, 2.75) is 17.9 Å². The Morgan fingerprint density at radius 1 is 0.971 bits per heavy atom. The molecule has 1 fully saturated rings. The predicted octanol–water partition coefficient (Wildman–Crippen LogP) is 5.31. The first-order valence-electron chi connectivity index (χ1n) is 11.9. The van der Waals surface area contributed by atoms with Gasteiger partial charge in [0.05, 0.1) is 11.4 Å². The number of anilines is 1. The van der Waals surface area contributed by atoms with E-state index in [1.54, 1.807) is 18.0 Å². The lowest BCUT2D eigenvalue weighted by Crippen LogP contribution is -2.49. The Bertz CT molecular complexity index is 1270. The topological polar surface area (TPSA) is 61.4 Å². The number of hydrogen-bond acceptors (Lipinski definition) is 6. The molecule has 0 radical (unpaired) electrons. The van der Waals surface area contributed by atoms with Crippen LogP contribution in [0.3, 0.4) is 0 Å². The fourth-order valence-electron chi connectivity index (χ4n) is 4.45. The minimum absolute atomic E-state index is 0.0986. The lowest BCUT2D eigenvalue weighted by molar-refractivity contribution is 0.0582. The molecule has 178 valence electrons. The zero-order valence-electron chi connectivity index (χ0n) is 19.8. The minimum Gasteiger partial charge on any atom is -0.376 e. The number of benzene rings is 2. The van der Waals surface area contributed by atoms with Crippen molar-refractivity contribution in [2.24, 2.45) is 0 Å². The molecule has 4 aromatic rings. The summed E-state index contributed by atoms with van der Waals surface area (Å²) in [6.07, 6.45) is 5.56. The fourth-order valence-corrected chi connectivity index (χ4v) is 5.33. The summed E-state index contributed by atoms with van der Waals surface area (Å²) in [6, 6.07) is 22.5. The molecule has 1 unspecified atom stereocenters. The van der Waals surface area contributed by atoms with Gasteiger partial charge in [-0.05, 0) is 55.0 Å². The SMILES string of the molecule is CC(c1cccnc1)N1CCN(C(=O)c2ccc(NCSc3cccc4cccnc34)cc2)CC1. The highest BCUT2D eigenvalue weighted by Crippen LogP contribution is 2.26. The Hall–Kier alpha value is -3.42. The third-order valence-corrected chi connectivity index (χ3v) is 7.48. The summed E-state index contributed by atoms with van der Waals surface area (Å²) in [4.78, 5) is 27.3. The Labute approximate surface area is 210 Å². The third-order valence-electron chi connectivity index (χ3n) is 6.55. The van der Waals surface area contributed by atoms with Crippen molar-refractivity contribution in [3.8, 4) is 0 Å². The summed E-state index contributed by atoms with van der Waals surface area (Å²) >= 11 is 1.72. The number of rotatable bonds is 7. The summed E-state index contributed by atoms with van der Waals surface area (Å²) in [5.74, 6) is 0.821. The van der Waals surface area contributed by atoms with Crippen molar-refractivity contribution in [1.29, 1.82) is 0 Å². The van der Waals surface area contributed by atoms with E-state index in [9.17, 15) is 4.79 Å². The molecule has 6 nitrogen and oxygen atoms in total. The lowest BCUT2D eigenvalue weighted by Gasteiger charge is -2.38. The van der Waals surface area contributed by atoms with Gasteiger partial charge in [-0.15, -0.1) is 11.8 Å². The van der Waals surface area contributed by atoms with Gasteiger partial charge < -0.3 is 10.2 Å². The molecule has 2 aromatic carbocycles. The molecule has 35 heavy (non-hydrogen) atoms. The lowest BCUT2D eigenvalue weighted by atomic mass is 10.1. The van der Waals surface area contributed by atoms with Crippen LogP contribution in [0, 0.1) is 0 Å². The molecule has 0 bridgehead atoms. The molecule has 5 rings (SSSR count). The van der Waals surface area contributed by atoms with Crippen LogP contribution >= 0.6 is 11.8 Å². The summed E-state index contributed by atoms with van der Waals surface area (Å²) in [7, 11) is 0. The predicted molar refractivity (Wildman–Crippen MR) is 143 cm³/mol. The number of carbonyl (C=O) groups is 1. The van der Waals surface area contributed by atoms with Crippen LogP contribution in [-0.4, -0.2) is 57.7 Å². The van der Waals surface area contributed by atoms with Crippen molar-refractivity contribution in [1.82, 2.24) is 19.8 Å². The van der Waals surface area contributed by atoms with E-state index in [0.717, 1.165) is 59.1 Å². The highest BCUT2D eigenvalue weighted by Gasteiger charge is 2.25. The van der Waals surface area contributed by atoms with Crippen LogP contribution in [0.25, 0.3) is 10.9 Å². The second kappa shape index (κ2) is 10.9. The van der Waals surface area contributed by atoms with Gasteiger partial charge >= 0.3 is 0 Å². The third kappa shape index (κ3) is 5.47. The second-order valence-electron chi connectivity index (χ2n) is 8.66. The van der Waals surface area contributed by atoms with E-state index in [-0.39, 0.29) is 5.91 Å². The fraction of sp³-hybridized carbons (Fsp3) is 0.250. The Kier molecular flexibility index (Phi) is 7.25. The largest absolute Gasteiger partial charge is 0.376 e. The minimum atomic E-state index is 0.0986. The van der Waals surface area contributed by atoms with E-state index in [0.29, 0.717) is 6.04 Å². The van der Waals surface area contributed by atoms with Gasteiger partial charge in [0.1, 0.15) is 0 Å². The number of nitrogens with zero attached hydrogens (tertiary/aromatic N) is 4. The molecule has 1 saturated heterocycles. The molecule has 0 aliphatic carbocycles. The summed E-state index contributed by atoms with van der Waals surface area (Å²) < 4.78 is 0. The van der Waals surface area contributed by atoms with Crippen molar-refractivity contribution in [3.63, 3.8) is 0 Å². The molecule has 7 heteroatoms. The monoisotopic (exact) mass is 483 g/mol. The number of hydrogen-bond donors (Lipinski definition) is 1. The molecule has 3 heterocycles. The number of amides is 1. The molecular weight excluding hydrogens is 454 g/mol. The molecule has 1 atom stereocenters. The number of para-hydroxylation sites is 1. The Balaban J connectivity index is 1.12. The van der Waals surface area contributed by atoms with Gasteiger partial charge in [0.2, 0.25) is 0 Å². The van der Waals surface area contributed by atoms with Crippen LogP contribution < -0.4 is 5.32 Å². The van der Waals surface area contributed by atoms with Gasteiger partial charge in [-0.1, -0.05) is 24.3 Å². The number of nitrogens with one attached hydrogen (secondary N) is 1. The van der Waals surface area contributed by atoms with E-state index >= 15 is 0 Å². The van der Waals surface area contributed by atoms with Crippen LogP contribution in [0.1, 0.15) is 28.9 Å². The summed E-state index contributed by atoms with van der Waals surface area (Å²) in [5, 5.41) is 4.58. The Morgan fingerprint density at radius 2 is 1.74 bits per heavy atom. The molecule has 1 amide bonds. The maximum absolute atomic E-state index is 13.0. The van der Waals surface area contributed by atoms with Crippen LogP contribution in [-0.2, 0) is 0 Å². The van der Waals surface area contributed by atoms with Gasteiger partial charge in [0.25, 0.3) is 5.91 Å².